The summed E-state index contributed by atoms with van der Waals surface area (Å²) >= 11 is 0. The standard InChI is InChI=1S/C37H40O7.3CH4/c1-36(2,27-9-17-32(18-10-27)43-34-23-41-34)25-5-13-30(14-6-25)39-21-29(38)22-40-31-15-7-26(8-16-31)37(3,4)28-11-19-33(20-12-28)44-35-24-42-35;;;/h5-20,29,34-35,38H,21-24H2,1-4H3;3*1H4. The van der Waals surface area contributed by atoms with Crippen LogP contribution in [0.3, 0.4) is 0 Å². The van der Waals surface area contributed by atoms with Gasteiger partial charge in [0.05, 0.1) is 0 Å². The number of epoxide rings is 2. The predicted molar refractivity (Wildman–Crippen MR) is 188 cm³/mol. The number of rotatable bonds is 14. The molecule has 2 atom stereocenters. The maximum Gasteiger partial charge on any atom is 0.223 e. The van der Waals surface area contributed by atoms with Crippen LogP contribution in [0.1, 0.15) is 72.2 Å². The van der Waals surface area contributed by atoms with Gasteiger partial charge in [0.2, 0.25) is 12.6 Å². The summed E-state index contributed by atoms with van der Waals surface area (Å²) in [5.74, 6) is 3.02. The summed E-state index contributed by atoms with van der Waals surface area (Å²) in [5.41, 5.74) is 4.29. The van der Waals surface area contributed by atoms with Crippen LogP contribution in [0, 0.1) is 0 Å². The molecule has 47 heavy (non-hydrogen) atoms. The Labute approximate surface area is 281 Å². The Bertz CT molecular complexity index is 1390. The molecular weight excluding hydrogens is 592 g/mol. The van der Waals surface area contributed by atoms with E-state index in [4.69, 9.17) is 28.4 Å². The Morgan fingerprint density at radius 2 is 0.787 bits per heavy atom. The summed E-state index contributed by atoms with van der Waals surface area (Å²) in [7, 11) is 0. The van der Waals surface area contributed by atoms with E-state index in [1.54, 1.807) is 0 Å². The van der Waals surface area contributed by atoms with Crippen LogP contribution >= 0.6 is 0 Å². The summed E-state index contributed by atoms with van der Waals surface area (Å²) in [6, 6.07) is 32.3. The molecule has 0 saturated carbocycles. The zero-order valence-electron chi connectivity index (χ0n) is 25.7. The first-order valence-electron chi connectivity index (χ1n) is 15.1. The predicted octanol–water partition coefficient (Wildman–Crippen LogP) is 8.54. The van der Waals surface area contributed by atoms with Gasteiger partial charge in [-0.1, -0.05) is 98.5 Å². The van der Waals surface area contributed by atoms with Crippen molar-refractivity contribution in [3.8, 4) is 23.0 Å². The number of hydrogen-bond donors (Lipinski definition) is 1. The summed E-state index contributed by atoms with van der Waals surface area (Å²) in [4.78, 5) is 0. The van der Waals surface area contributed by atoms with E-state index < -0.39 is 6.10 Å². The number of hydrogen-bond acceptors (Lipinski definition) is 7. The Balaban J connectivity index is 0.00000200. The maximum atomic E-state index is 10.5. The monoisotopic (exact) mass is 644 g/mol. The van der Waals surface area contributed by atoms with Crippen molar-refractivity contribution in [2.45, 2.75) is 79.5 Å². The summed E-state index contributed by atoms with van der Waals surface area (Å²) in [5, 5.41) is 10.5. The molecule has 0 aliphatic carbocycles. The third kappa shape index (κ3) is 9.50. The zero-order valence-corrected chi connectivity index (χ0v) is 25.7. The van der Waals surface area contributed by atoms with Crippen molar-refractivity contribution >= 4 is 0 Å². The molecule has 2 heterocycles. The summed E-state index contributed by atoms with van der Waals surface area (Å²) in [6.45, 7) is 10.3. The molecule has 7 nitrogen and oxygen atoms in total. The average Bonchev–Trinajstić information content (AvgIpc) is 3.98. The van der Waals surface area contributed by atoms with Crippen LogP contribution in [-0.4, -0.2) is 50.2 Å². The first-order valence-corrected chi connectivity index (χ1v) is 15.1. The Morgan fingerprint density at radius 3 is 1.04 bits per heavy atom. The SMILES string of the molecule is C.C.C.CC(C)(c1ccc(OCC(O)COc2ccc(C(C)(C)c3ccc(OC4CO4)cc3)cc2)cc1)c1ccc(OC2CO2)cc1. The molecule has 7 heteroatoms. The normalized spacial score (nSPS) is 17.1. The molecule has 0 aromatic heterocycles. The molecule has 0 bridgehead atoms. The van der Waals surface area contributed by atoms with E-state index in [0.717, 1.165) is 22.6 Å². The second kappa shape index (κ2) is 15.7. The van der Waals surface area contributed by atoms with E-state index in [1.165, 1.54) is 11.1 Å². The van der Waals surface area contributed by atoms with Crippen molar-refractivity contribution in [1.29, 1.82) is 0 Å². The van der Waals surface area contributed by atoms with E-state index in [-0.39, 0.29) is 58.9 Å². The highest BCUT2D eigenvalue weighted by Gasteiger charge is 2.27. The van der Waals surface area contributed by atoms with Gasteiger partial charge in [-0.15, -0.1) is 0 Å². The van der Waals surface area contributed by atoms with Gasteiger partial charge < -0.3 is 33.5 Å². The van der Waals surface area contributed by atoms with Gasteiger partial charge in [-0.25, -0.2) is 0 Å². The largest absolute Gasteiger partial charge is 0.491 e. The van der Waals surface area contributed by atoms with Crippen molar-refractivity contribution in [1.82, 2.24) is 0 Å². The van der Waals surface area contributed by atoms with Gasteiger partial charge in [0, 0.05) is 10.8 Å². The zero-order chi connectivity index (χ0) is 30.7. The van der Waals surface area contributed by atoms with Gasteiger partial charge in [-0.2, -0.15) is 0 Å². The molecular formula is C40H52O7. The lowest BCUT2D eigenvalue weighted by Crippen LogP contribution is -2.25. The lowest BCUT2D eigenvalue weighted by atomic mass is 9.78. The third-order valence-corrected chi connectivity index (χ3v) is 8.33. The molecule has 2 aliphatic heterocycles. The van der Waals surface area contributed by atoms with Crippen LogP contribution in [0.4, 0.5) is 0 Å². The van der Waals surface area contributed by atoms with Crippen molar-refractivity contribution in [2.75, 3.05) is 26.4 Å². The van der Waals surface area contributed by atoms with Crippen LogP contribution in [0.15, 0.2) is 97.1 Å². The van der Waals surface area contributed by atoms with Crippen LogP contribution in [-0.2, 0) is 20.3 Å². The fraction of sp³-hybridized carbons (Fsp3) is 0.400. The second-order valence-corrected chi connectivity index (χ2v) is 12.4. The van der Waals surface area contributed by atoms with Crippen LogP contribution < -0.4 is 18.9 Å². The molecule has 2 unspecified atom stereocenters. The average molecular weight is 645 g/mol. The van der Waals surface area contributed by atoms with Crippen molar-refractivity contribution < 1.29 is 33.5 Å². The van der Waals surface area contributed by atoms with Crippen molar-refractivity contribution in [2.24, 2.45) is 0 Å². The summed E-state index contributed by atoms with van der Waals surface area (Å²) < 4.78 is 33.3. The van der Waals surface area contributed by atoms with Crippen molar-refractivity contribution in [3.63, 3.8) is 0 Å². The van der Waals surface area contributed by atoms with E-state index in [9.17, 15) is 5.11 Å². The highest BCUT2D eigenvalue weighted by Crippen LogP contribution is 2.35. The number of aliphatic hydroxyl groups excluding tert-OH is 1. The molecule has 0 radical (unpaired) electrons. The minimum atomic E-state index is -0.772. The van der Waals surface area contributed by atoms with Gasteiger partial charge in [0.25, 0.3) is 0 Å². The van der Waals surface area contributed by atoms with Gasteiger partial charge in [0.15, 0.2) is 0 Å². The number of ether oxygens (including phenoxy) is 6. The minimum Gasteiger partial charge on any atom is -0.491 e. The molecule has 4 aromatic carbocycles. The molecule has 2 aliphatic rings. The van der Waals surface area contributed by atoms with Gasteiger partial charge >= 0.3 is 0 Å². The quantitative estimate of drug-likeness (QED) is 0.138. The molecule has 4 aromatic rings. The molecule has 2 saturated heterocycles. The Morgan fingerprint density at radius 1 is 0.532 bits per heavy atom. The Kier molecular flexibility index (Phi) is 12.5. The smallest absolute Gasteiger partial charge is 0.223 e. The van der Waals surface area contributed by atoms with E-state index in [1.807, 2.05) is 48.5 Å². The number of aliphatic hydroxyl groups is 1. The second-order valence-electron chi connectivity index (χ2n) is 12.4. The van der Waals surface area contributed by atoms with Crippen molar-refractivity contribution in [3.05, 3.63) is 119 Å². The molecule has 254 valence electrons. The molecule has 6 rings (SSSR count). The molecule has 0 amide bonds. The van der Waals surface area contributed by atoms with Gasteiger partial charge in [-0.3, -0.25) is 0 Å². The fourth-order valence-electron chi connectivity index (χ4n) is 5.12. The lowest BCUT2D eigenvalue weighted by molar-refractivity contribution is 0.0626. The summed E-state index contributed by atoms with van der Waals surface area (Å²) in [6.07, 6.45) is -0.977. The fourth-order valence-corrected chi connectivity index (χ4v) is 5.12. The minimum absolute atomic E-state index is 0. The van der Waals surface area contributed by atoms with E-state index in [0.29, 0.717) is 24.7 Å². The first kappa shape index (κ1) is 37.4. The highest BCUT2D eigenvalue weighted by molar-refractivity contribution is 5.43. The van der Waals surface area contributed by atoms with Crippen LogP contribution in [0.2, 0.25) is 0 Å². The lowest BCUT2D eigenvalue weighted by Gasteiger charge is -2.26. The number of benzene rings is 4. The Hall–Kier alpha value is -4.04. The maximum absolute atomic E-state index is 10.5. The van der Waals surface area contributed by atoms with E-state index >= 15 is 0 Å². The van der Waals surface area contributed by atoms with Gasteiger partial charge in [-0.05, 0) is 70.8 Å². The van der Waals surface area contributed by atoms with Crippen LogP contribution in [0.25, 0.3) is 0 Å². The molecule has 1 N–H and O–H groups in total. The molecule has 0 spiro atoms. The van der Waals surface area contributed by atoms with Crippen LogP contribution in [0.5, 0.6) is 23.0 Å². The topological polar surface area (TPSA) is 82.2 Å². The van der Waals surface area contributed by atoms with E-state index in [2.05, 4.69) is 76.2 Å². The molecule has 2 fully saturated rings. The van der Waals surface area contributed by atoms with Gasteiger partial charge in [0.1, 0.15) is 55.5 Å². The first-order chi connectivity index (χ1) is 21.2. The third-order valence-electron chi connectivity index (χ3n) is 8.33. The highest BCUT2D eigenvalue weighted by atomic mass is 16.8.